The van der Waals surface area contributed by atoms with E-state index < -0.39 is 0 Å². The Morgan fingerprint density at radius 3 is 2.59 bits per heavy atom. The summed E-state index contributed by atoms with van der Waals surface area (Å²) in [5.41, 5.74) is 4.52. The van der Waals surface area contributed by atoms with Crippen molar-refractivity contribution in [1.82, 2.24) is 4.98 Å². The zero-order valence-corrected chi connectivity index (χ0v) is 13.3. The SMILES string of the molecule is CC(=O)c1cccc(Nc2cc(C)nc3ccccc23)c1.Cl. The number of aryl methyl sites for hydroxylation is 1. The summed E-state index contributed by atoms with van der Waals surface area (Å²) in [5.74, 6) is 0.0643. The fourth-order valence-corrected chi connectivity index (χ4v) is 2.38. The van der Waals surface area contributed by atoms with Crippen LogP contribution in [-0.4, -0.2) is 10.8 Å². The van der Waals surface area contributed by atoms with E-state index in [9.17, 15) is 4.79 Å². The van der Waals surface area contributed by atoms with E-state index in [2.05, 4.69) is 10.3 Å². The van der Waals surface area contributed by atoms with Gasteiger partial charge in [-0.3, -0.25) is 9.78 Å². The Bertz CT molecular complexity index is 830. The molecular weight excluding hydrogens is 296 g/mol. The number of rotatable bonds is 3. The summed E-state index contributed by atoms with van der Waals surface area (Å²) in [7, 11) is 0. The summed E-state index contributed by atoms with van der Waals surface area (Å²) < 4.78 is 0. The number of benzene rings is 2. The number of nitrogens with one attached hydrogen (secondary N) is 1. The molecule has 0 amide bonds. The van der Waals surface area contributed by atoms with Gasteiger partial charge < -0.3 is 5.32 Å². The fraction of sp³-hybridized carbons (Fsp3) is 0.111. The van der Waals surface area contributed by atoms with Crippen molar-refractivity contribution in [2.24, 2.45) is 0 Å². The van der Waals surface area contributed by atoms with Crippen molar-refractivity contribution in [3.63, 3.8) is 0 Å². The molecule has 22 heavy (non-hydrogen) atoms. The largest absolute Gasteiger partial charge is 0.355 e. The minimum Gasteiger partial charge on any atom is -0.355 e. The van der Waals surface area contributed by atoms with E-state index in [1.54, 1.807) is 6.92 Å². The first-order chi connectivity index (χ1) is 10.1. The van der Waals surface area contributed by atoms with Crippen LogP contribution in [0, 0.1) is 6.92 Å². The number of anilines is 2. The number of halogens is 1. The number of nitrogens with zero attached hydrogens (tertiary/aromatic N) is 1. The van der Waals surface area contributed by atoms with Gasteiger partial charge in [-0.2, -0.15) is 0 Å². The van der Waals surface area contributed by atoms with Gasteiger partial charge in [-0.05, 0) is 38.1 Å². The van der Waals surface area contributed by atoms with Crippen molar-refractivity contribution < 1.29 is 4.79 Å². The topological polar surface area (TPSA) is 42.0 Å². The predicted octanol–water partition coefficient (Wildman–Crippen LogP) is 4.91. The normalized spacial score (nSPS) is 10.1. The van der Waals surface area contributed by atoms with Crippen molar-refractivity contribution >= 4 is 40.5 Å². The van der Waals surface area contributed by atoms with Crippen LogP contribution in [0.15, 0.2) is 54.6 Å². The maximum atomic E-state index is 11.5. The highest BCUT2D eigenvalue weighted by atomic mass is 35.5. The van der Waals surface area contributed by atoms with Crippen LogP contribution in [0.25, 0.3) is 10.9 Å². The number of hydrogen-bond donors (Lipinski definition) is 1. The summed E-state index contributed by atoms with van der Waals surface area (Å²) in [6.07, 6.45) is 0. The molecule has 3 aromatic rings. The number of ketones is 1. The highest BCUT2D eigenvalue weighted by molar-refractivity contribution is 5.96. The van der Waals surface area contributed by atoms with Gasteiger partial charge in [0.1, 0.15) is 0 Å². The van der Waals surface area contributed by atoms with Gasteiger partial charge in [0.15, 0.2) is 5.78 Å². The zero-order chi connectivity index (χ0) is 14.8. The highest BCUT2D eigenvalue weighted by Crippen LogP contribution is 2.26. The minimum absolute atomic E-state index is 0. The first-order valence-corrected chi connectivity index (χ1v) is 6.88. The van der Waals surface area contributed by atoms with Crippen LogP contribution in [0.1, 0.15) is 23.0 Å². The van der Waals surface area contributed by atoms with Gasteiger partial charge in [0.25, 0.3) is 0 Å². The number of pyridine rings is 1. The molecule has 0 spiro atoms. The summed E-state index contributed by atoms with van der Waals surface area (Å²) in [6, 6.07) is 17.6. The number of hydrogen-bond acceptors (Lipinski definition) is 3. The van der Waals surface area contributed by atoms with Crippen molar-refractivity contribution in [3.05, 3.63) is 65.9 Å². The molecule has 1 aromatic heterocycles. The predicted molar refractivity (Wildman–Crippen MR) is 93.5 cm³/mol. The Kier molecular flexibility index (Phi) is 4.78. The number of carbonyl (C=O) groups excluding carboxylic acids is 1. The molecule has 0 radical (unpaired) electrons. The molecule has 0 saturated carbocycles. The van der Waals surface area contributed by atoms with E-state index in [0.717, 1.165) is 28.0 Å². The van der Waals surface area contributed by atoms with Crippen molar-refractivity contribution in [3.8, 4) is 0 Å². The quantitative estimate of drug-likeness (QED) is 0.699. The lowest BCUT2D eigenvalue weighted by molar-refractivity contribution is 0.101. The molecule has 0 aliphatic heterocycles. The fourth-order valence-electron chi connectivity index (χ4n) is 2.38. The van der Waals surface area contributed by atoms with E-state index >= 15 is 0 Å². The lowest BCUT2D eigenvalue weighted by Crippen LogP contribution is -1.97. The lowest BCUT2D eigenvalue weighted by Gasteiger charge is -2.11. The van der Waals surface area contributed by atoms with Crippen LogP contribution < -0.4 is 5.32 Å². The maximum Gasteiger partial charge on any atom is 0.159 e. The second-order valence-electron chi connectivity index (χ2n) is 5.09. The van der Waals surface area contributed by atoms with Crippen LogP contribution in [-0.2, 0) is 0 Å². The first kappa shape index (κ1) is 16.0. The third-order valence-electron chi connectivity index (χ3n) is 3.39. The number of fused-ring (bicyclic) bond motifs is 1. The van der Waals surface area contributed by atoms with Gasteiger partial charge >= 0.3 is 0 Å². The van der Waals surface area contributed by atoms with Crippen molar-refractivity contribution in [1.29, 1.82) is 0 Å². The van der Waals surface area contributed by atoms with E-state index in [0.29, 0.717) is 5.56 Å². The van der Waals surface area contributed by atoms with Crippen LogP contribution >= 0.6 is 12.4 Å². The smallest absolute Gasteiger partial charge is 0.159 e. The Morgan fingerprint density at radius 2 is 1.82 bits per heavy atom. The summed E-state index contributed by atoms with van der Waals surface area (Å²) in [6.45, 7) is 3.55. The van der Waals surface area contributed by atoms with Gasteiger partial charge in [0.05, 0.1) is 5.52 Å². The molecule has 1 N–H and O–H groups in total. The van der Waals surface area contributed by atoms with Gasteiger partial charge in [0, 0.05) is 28.0 Å². The van der Waals surface area contributed by atoms with Crippen LogP contribution in [0.3, 0.4) is 0 Å². The molecule has 0 bridgehead atoms. The number of para-hydroxylation sites is 1. The highest BCUT2D eigenvalue weighted by Gasteiger charge is 2.05. The second kappa shape index (κ2) is 6.58. The summed E-state index contributed by atoms with van der Waals surface area (Å²) >= 11 is 0. The molecule has 3 nitrogen and oxygen atoms in total. The lowest BCUT2D eigenvalue weighted by atomic mass is 10.1. The molecular formula is C18H17ClN2O. The molecule has 0 saturated heterocycles. The number of carbonyl (C=O) groups is 1. The first-order valence-electron chi connectivity index (χ1n) is 6.88. The molecule has 3 rings (SSSR count). The zero-order valence-electron chi connectivity index (χ0n) is 12.5. The van der Waals surface area contributed by atoms with Crippen LogP contribution in [0.5, 0.6) is 0 Å². The standard InChI is InChI=1S/C18H16N2O.ClH/c1-12-10-18(16-8-3-4-9-17(16)19-12)20-15-7-5-6-14(11-15)13(2)21;/h3-11H,1-2H3,(H,19,20);1H. The third kappa shape index (κ3) is 3.26. The van der Waals surface area contributed by atoms with E-state index in [1.165, 1.54) is 0 Å². The van der Waals surface area contributed by atoms with Gasteiger partial charge in [-0.1, -0.05) is 30.3 Å². The van der Waals surface area contributed by atoms with E-state index in [-0.39, 0.29) is 18.2 Å². The maximum absolute atomic E-state index is 11.5. The van der Waals surface area contributed by atoms with E-state index in [1.807, 2.05) is 61.5 Å². The Hall–Kier alpha value is -2.39. The van der Waals surface area contributed by atoms with Gasteiger partial charge in [-0.25, -0.2) is 0 Å². The molecule has 4 heteroatoms. The summed E-state index contributed by atoms with van der Waals surface area (Å²) in [4.78, 5) is 16.0. The molecule has 112 valence electrons. The molecule has 0 unspecified atom stereocenters. The van der Waals surface area contributed by atoms with Crippen LogP contribution in [0.4, 0.5) is 11.4 Å². The minimum atomic E-state index is 0. The molecule has 0 atom stereocenters. The molecule has 2 aromatic carbocycles. The number of Topliss-reactive ketones (excluding diaryl/α,β-unsaturated/α-hetero) is 1. The molecule has 0 fully saturated rings. The Morgan fingerprint density at radius 1 is 1.05 bits per heavy atom. The van der Waals surface area contributed by atoms with Gasteiger partial charge in [-0.15, -0.1) is 12.4 Å². The summed E-state index contributed by atoms with van der Waals surface area (Å²) in [5, 5.41) is 4.46. The average Bonchev–Trinajstić information content (AvgIpc) is 2.47. The molecule has 1 heterocycles. The molecule has 0 aliphatic rings. The van der Waals surface area contributed by atoms with E-state index in [4.69, 9.17) is 0 Å². The Labute approximate surface area is 135 Å². The van der Waals surface area contributed by atoms with Gasteiger partial charge in [0.2, 0.25) is 0 Å². The second-order valence-corrected chi connectivity index (χ2v) is 5.09. The van der Waals surface area contributed by atoms with Crippen molar-refractivity contribution in [2.45, 2.75) is 13.8 Å². The number of aromatic nitrogens is 1. The van der Waals surface area contributed by atoms with Crippen molar-refractivity contribution in [2.75, 3.05) is 5.32 Å². The Balaban J connectivity index is 0.00000176. The van der Waals surface area contributed by atoms with Crippen LogP contribution in [0.2, 0.25) is 0 Å². The molecule has 0 aliphatic carbocycles. The average molecular weight is 313 g/mol. The third-order valence-corrected chi connectivity index (χ3v) is 3.39. The monoisotopic (exact) mass is 312 g/mol.